The molecule has 2 heteroatoms. The molecule has 0 bridgehead atoms. The Hall–Kier alpha value is -0.760. The van der Waals surface area contributed by atoms with E-state index in [1.807, 2.05) is 7.05 Å². The summed E-state index contributed by atoms with van der Waals surface area (Å²) in [6.07, 6.45) is 6.97. The zero-order valence-corrected chi connectivity index (χ0v) is 8.93. The van der Waals surface area contributed by atoms with Crippen LogP contribution >= 0.6 is 0 Å². The van der Waals surface area contributed by atoms with E-state index in [-0.39, 0.29) is 0 Å². The molecular weight excluding hydrogens is 160 g/mol. The van der Waals surface area contributed by atoms with Crippen LogP contribution < -0.4 is 5.32 Å². The minimum Gasteiger partial charge on any atom is -0.392 e. The monoisotopic (exact) mass is 180 g/mol. The van der Waals surface area contributed by atoms with Crippen molar-refractivity contribution in [2.45, 2.75) is 19.8 Å². The average molecular weight is 180 g/mol. The number of hydrogen-bond donors (Lipinski definition) is 1. The summed E-state index contributed by atoms with van der Waals surface area (Å²) in [4.78, 5) is 2.37. The van der Waals surface area contributed by atoms with Gasteiger partial charge in [-0.3, -0.25) is 0 Å². The lowest BCUT2D eigenvalue weighted by molar-refractivity contribution is 0.322. The van der Waals surface area contributed by atoms with Gasteiger partial charge in [-0.1, -0.05) is 11.6 Å². The standard InChI is InChI=1S/C11H20N2/c1-10(12-2)6-7-11-5-4-8-13(3)9-11/h6-7,12H,4-5,8-9H2,1-3H3/b10-6-,11-7+. The zero-order chi connectivity index (χ0) is 9.68. The largest absolute Gasteiger partial charge is 0.392 e. The summed E-state index contributed by atoms with van der Waals surface area (Å²) in [5.74, 6) is 0. The summed E-state index contributed by atoms with van der Waals surface area (Å²) in [6, 6.07) is 0. The van der Waals surface area contributed by atoms with Crippen molar-refractivity contribution in [2.75, 3.05) is 27.2 Å². The number of nitrogens with one attached hydrogen (secondary N) is 1. The van der Waals surface area contributed by atoms with Crippen molar-refractivity contribution < 1.29 is 0 Å². The molecule has 0 spiro atoms. The molecule has 0 radical (unpaired) electrons. The van der Waals surface area contributed by atoms with Crippen LogP contribution in [-0.2, 0) is 0 Å². The molecule has 0 aromatic carbocycles. The Kier molecular flexibility index (Phi) is 4.03. The number of likely N-dealkylation sites (N-methyl/N-ethyl adjacent to an activating group) is 1. The van der Waals surface area contributed by atoms with Crippen LogP contribution in [0.15, 0.2) is 23.4 Å². The first-order valence-electron chi connectivity index (χ1n) is 4.95. The predicted octanol–water partition coefficient (Wildman–Crippen LogP) is 1.76. The number of nitrogens with zero attached hydrogens (tertiary/aromatic N) is 1. The molecule has 1 fully saturated rings. The normalized spacial score (nSPS) is 23.6. The minimum atomic E-state index is 1.13. The fourth-order valence-corrected chi connectivity index (χ4v) is 1.54. The smallest absolute Gasteiger partial charge is 0.0192 e. The lowest BCUT2D eigenvalue weighted by atomic mass is 10.0. The molecule has 2 nitrogen and oxygen atoms in total. The van der Waals surface area contributed by atoms with Crippen molar-refractivity contribution in [2.24, 2.45) is 0 Å². The van der Waals surface area contributed by atoms with Crippen LogP contribution in [0.5, 0.6) is 0 Å². The Morgan fingerprint density at radius 3 is 2.92 bits per heavy atom. The molecule has 0 aliphatic carbocycles. The molecule has 1 rings (SSSR count). The maximum absolute atomic E-state index is 3.12. The van der Waals surface area contributed by atoms with E-state index in [0.29, 0.717) is 0 Å². The van der Waals surface area contributed by atoms with Crippen molar-refractivity contribution in [3.63, 3.8) is 0 Å². The molecule has 13 heavy (non-hydrogen) atoms. The van der Waals surface area contributed by atoms with Gasteiger partial charge >= 0.3 is 0 Å². The third-order valence-electron chi connectivity index (χ3n) is 2.47. The second-order valence-electron chi connectivity index (χ2n) is 3.77. The second-order valence-corrected chi connectivity index (χ2v) is 3.77. The van der Waals surface area contributed by atoms with Gasteiger partial charge in [-0.2, -0.15) is 0 Å². The van der Waals surface area contributed by atoms with Gasteiger partial charge in [0, 0.05) is 19.3 Å². The maximum Gasteiger partial charge on any atom is 0.0192 e. The highest BCUT2D eigenvalue weighted by Gasteiger charge is 2.08. The molecule has 0 aromatic rings. The van der Waals surface area contributed by atoms with Crippen molar-refractivity contribution in [3.05, 3.63) is 23.4 Å². The van der Waals surface area contributed by atoms with E-state index in [0.717, 1.165) is 6.54 Å². The van der Waals surface area contributed by atoms with Crippen molar-refractivity contribution in [3.8, 4) is 0 Å². The maximum atomic E-state index is 3.12. The SMILES string of the molecule is CN/C(C)=C\C=C1/CCCN(C)C1. The first kappa shape index (κ1) is 10.3. The Bertz CT molecular complexity index is 216. The molecule has 0 aromatic heterocycles. The highest BCUT2D eigenvalue weighted by Crippen LogP contribution is 2.13. The number of hydrogen-bond acceptors (Lipinski definition) is 2. The summed E-state index contributed by atoms with van der Waals surface area (Å²) < 4.78 is 0. The number of piperidine rings is 1. The van der Waals surface area contributed by atoms with Crippen LogP contribution in [0.2, 0.25) is 0 Å². The molecule has 1 saturated heterocycles. The third-order valence-corrected chi connectivity index (χ3v) is 2.47. The number of likely N-dealkylation sites (tertiary alicyclic amines) is 1. The second kappa shape index (κ2) is 5.07. The predicted molar refractivity (Wildman–Crippen MR) is 57.6 cm³/mol. The summed E-state index contributed by atoms with van der Waals surface area (Å²) >= 11 is 0. The summed E-state index contributed by atoms with van der Waals surface area (Å²) in [6.45, 7) is 4.46. The molecule has 0 unspecified atom stereocenters. The van der Waals surface area contributed by atoms with Crippen LogP contribution in [0.1, 0.15) is 19.8 Å². The minimum absolute atomic E-state index is 1.13. The fourth-order valence-electron chi connectivity index (χ4n) is 1.54. The van der Waals surface area contributed by atoms with Crippen LogP contribution in [0, 0.1) is 0 Å². The lowest BCUT2D eigenvalue weighted by Gasteiger charge is -2.24. The molecule has 0 amide bonds. The first-order chi connectivity index (χ1) is 6.22. The number of allylic oxidation sites excluding steroid dienone is 3. The van der Waals surface area contributed by atoms with Crippen LogP contribution in [0.4, 0.5) is 0 Å². The summed E-state index contributed by atoms with van der Waals surface area (Å²) in [5.41, 5.74) is 2.77. The van der Waals surface area contributed by atoms with E-state index in [4.69, 9.17) is 0 Å². The van der Waals surface area contributed by atoms with Gasteiger partial charge in [0.05, 0.1) is 0 Å². The quantitative estimate of drug-likeness (QED) is 0.696. The van der Waals surface area contributed by atoms with Crippen LogP contribution in [-0.4, -0.2) is 32.1 Å². The van der Waals surface area contributed by atoms with Gasteiger partial charge in [0.25, 0.3) is 0 Å². The van der Waals surface area contributed by atoms with Crippen molar-refractivity contribution in [1.29, 1.82) is 0 Å². The van der Waals surface area contributed by atoms with Gasteiger partial charge in [0.15, 0.2) is 0 Å². The molecule has 1 aliphatic rings. The lowest BCUT2D eigenvalue weighted by Crippen LogP contribution is -2.26. The molecule has 0 atom stereocenters. The molecule has 0 saturated carbocycles. The summed E-state index contributed by atoms with van der Waals surface area (Å²) in [7, 11) is 4.14. The highest BCUT2D eigenvalue weighted by molar-refractivity contribution is 5.18. The van der Waals surface area contributed by atoms with Gasteiger partial charge in [-0.05, 0) is 39.4 Å². The van der Waals surface area contributed by atoms with Gasteiger partial charge in [0.2, 0.25) is 0 Å². The van der Waals surface area contributed by atoms with Crippen LogP contribution in [0.3, 0.4) is 0 Å². The first-order valence-corrected chi connectivity index (χ1v) is 4.95. The highest BCUT2D eigenvalue weighted by atomic mass is 15.1. The van der Waals surface area contributed by atoms with Crippen molar-refractivity contribution in [1.82, 2.24) is 10.2 Å². The Balaban J connectivity index is 2.50. The molecule has 1 N–H and O–H groups in total. The van der Waals surface area contributed by atoms with E-state index in [1.165, 1.54) is 25.1 Å². The Labute approximate surface area is 81.3 Å². The topological polar surface area (TPSA) is 15.3 Å². The molecule has 1 heterocycles. The van der Waals surface area contributed by atoms with Gasteiger partial charge < -0.3 is 10.2 Å². The van der Waals surface area contributed by atoms with Crippen LogP contribution in [0.25, 0.3) is 0 Å². The zero-order valence-electron chi connectivity index (χ0n) is 8.93. The van der Waals surface area contributed by atoms with E-state index in [1.54, 1.807) is 5.57 Å². The number of rotatable bonds is 2. The molecule has 1 aliphatic heterocycles. The summed E-state index contributed by atoms with van der Waals surface area (Å²) in [5, 5.41) is 3.12. The van der Waals surface area contributed by atoms with Crippen molar-refractivity contribution >= 4 is 0 Å². The van der Waals surface area contributed by atoms with E-state index in [2.05, 4.69) is 36.3 Å². The Morgan fingerprint density at radius 1 is 1.54 bits per heavy atom. The fraction of sp³-hybridized carbons (Fsp3) is 0.636. The third kappa shape index (κ3) is 3.64. The van der Waals surface area contributed by atoms with Gasteiger partial charge in [-0.25, -0.2) is 0 Å². The van der Waals surface area contributed by atoms with E-state index < -0.39 is 0 Å². The molecular formula is C11H20N2. The van der Waals surface area contributed by atoms with E-state index >= 15 is 0 Å². The van der Waals surface area contributed by atoms with Gasteiger partial charge in [-0.15, -0.1) is 0 Å². The average Bonchev–Trinajstić information content (AvgIpc) is 2.14. The van der Waals surface area contributed by atoms with E-state index in [9.17, 15) is 0 Å². The Morgan fingerprint density at radius 2 is 2.31 bits per heavy atom. The molecule has 74 valence electrons. The van der Waals surface area contributed by atoms with Gasteiger partial charge in [0.1, 0.15) is 0 Å².